The molecule has 1 unspecified atom stereocenters. The Labute approximate surface area is 118 Å². The summed E-state index contributed by atoms with van der Waals surface area (Å²) in [5, 5.41) is 22.8. The lowest BCUT2D eigenvalue weighted by Crippen LogP contribution is -2.30. The van der Waals surface area contributed by atoms with Crippen molar-refractivity contribution in [3.8, 4) is 5.75 Å². The molecule has 1 saturated carbocycles. The first-order valence-electron chi connectivity index (χ1n) is 6.59. The standard InChI is InChI=1S/C14H20ClNO3/c15-13-3-1-2-11(14(13)18)6-16-7-12(17)9-19-8-10-4-5-10/h1-3,10,12,16-18H,4-9H2. The van der Waals surface area contributed by atoms with Gasteiger partial charge in [-0.05, 0) is 24.8 Å². The summed E-state index contributed by atoms with van der Waals surface area (Å²) in [4.78, 5) is 0. The van der Waals surface area contributed by atoms with E-state index in [4.69, 9.17) is 16.3 Å². The number of para-hydroxylation sites is 1. The Morgan fingerprint density at radius 2 is 2.21 bits per heavy atom. The molecule has 0 amide bonds. The van der Waals surface area contributed by atoms with Crippen molar-refractivity contribution < 1.29 is 14.9 Å². The lowest BCUT2D eigenvalue weighted by molar-refractivity contribution is 0.0324. The SMILES string of the molecule is Oc1c(Cl)cccc1CNCC(O)COCC1CC1. The van der Waals surface area contributed by atoms with Gasteiger partial charge < -0.3 is 20.3 Å². The zero-order chi connectivity index (χ0) is 13.7. The molecule has 4 nitrogen and oxygen atoms in total. The van der Waals surface area contributed by atoms with Crippen LogP contribution in [0.4, 0.5) is 0 Å². The first kappa shape index (κ1) is 14.6. The van der Waals surface area contributed by atoms with Crippen molar-refractivity contribution in [3.05, 3.63) is 28.8 Å². The Kier molecular flexibility index (Phi) is 5.45. The smallest absolute Gasteiger partial charge is 0.138 e. The number of aromatic hydroxyl groups is 1. The van der Waals surface area contributed by atoms with Crippen molar-refractivity contribution in [1.82, 2.24) is 5.32 Å². The fraction of sp³-hybridized carbons (Fsp3) is 0.571. The monoisotopic (exact) mass is 285 g/mol. The van der Waals surface area contributed by atoms with Gasteiger partial charge in [0.2, 0.25) is 0 Å². The van der Waals surface area contributed by atoms with E-state index in [1.165, 1.54) is 12.8 Å². The highest BCUT2D eigenvalue weighted by atomic mass is 35.5. The summed E-state index contributed by atoms with van der Waals surface area (Å²) in [5.41, 5.74) is 0.721. The van der Waals surface area contributed by atoms with Crippen LogP contribution in [0.5, 0.6) is 5.75 Å². The Morgan fingerprint density at radius 3 is 2.95 bits per heavy atom. The Morgan fingerprint density at radius 1 is 1.42 bits per heavy atom. The van der Waals surface area contributed by atoms with Crippen LogP contribution in [0, 0.1) is 5.92 Å². The summed E-state index contributed by atoms with van der Waals surface area (Å²) in [7, 11) is 0. The van der Waals surface area contributed by atoms with E-state index in [0.717, 1.165) is 12.2 Å². The molecule has 3 N–H and O–H groups in total. The van der Waals surface area contributed by atoms with Crippen molar-refractivity contribution >= 4 is 11.6 Å². The molecular weight excluding hydrogens is 266 g/mol. The van der Waals surface area contributed by atoms with E-state index >= 15 is 0 Å². The number of nitrogens with one attached hydrogen (secondary N) is 1. The van der Waals surface area contributed by atoms with Crippen molar-refractivity contribution in [3.63, 3.8) is 0 Å². The third-order valence-corrected chi connectivity index (χ3v) is 3.43. The average molecular weight is 286 g/mol. The highest BCUT2D eigenvalue weighted by molar-refractivity contribution is 6.32. The third kappa shape index (κ3) is 4.99. The Balaban J connectivity index is 1.63. The summed E-state index contributed by atoms with van der Waals surface area (Å²) in [6.07, 6.45) is 1.98. The molecule has 2 rings (SSSR count). The average Bonchev–Trinajstić information content (AvgIpc) is 3.19. The molecule has 106 valence electrons. The van der Waals surface area contributed by atoms with E-state index in [2.05, 4.69) is 5.32 Å². The van der Waals surface area contributed by atoms with E-state index in [1.54, 1.807) is 18.2 Å². The van der Waals surface area contributed by atoms with E-state index in [9.17, 15) is 10.2 Å². The van der Waals surface area contributed by atoms with E-state index in [-0.39, 0.29) is 5.75 Å². The van der Waals surface area contributed by atoms with Crippen LogP contribution < -0.4 is 5.32 Å². The minimum absolute atomic E-state index is 0.0936. The summed E-state index contributed by atoms with van der Waals surface area (Å²) >= 11 is 5.81. The highest BCUT2D eigenvalue weighted by Crippen LogP contribution is 2.28. The molecule has 0 aromatic heterocycles. The molecule has 0 saturated heterocycles. The van der Waals surface area contributed by atoms with Gasteiger partial charge in [0.1, 0.15) is 5.75 Å². The fourth-order valence-corrected chi connectivity index (χ4v) is 1.98. The van der Waals surface area contributed by atoms with Gasteiger partial charge in [0.05, 0.1) is 17.7 Å². The number of aliphatic hydroxyl groups excluding tert-OH is 1. The second kappa shape index (κ2) is 7.10. The number of hydrogen-bond donors (Lipinski definition) is 3. The largest absolute Gasteiger partial charge is 0.506 e. The molecule has 0 heterocycles. The van der Waals surface area contributed by atoms with E-state index in [1.807, 2.05) is 0 Å². The molecule has 0 bridgehead atoms. The summed E-state index contributed by atoms with van der Waals surface area (Å²) in [5.74, 6) is 0.805. The predicted octanol–water partition coefficient (Wildman–Crippen LogP) is 1.92. The van der Waals surface area contributed by atoms with Gasteiger partial charge in [0.25, 0.3) is 0 Å². The van der Waals surface area contributed by atoms with Crippen LogP contribution in [0.3, 0.4) is 0 Å². The van der Waals surface area contributed by atoms with Gasteiger partial charge >= 0.3 is 0 Å². The van der Waals surface area contributed by atoms with Crippen molar-refractivity contribution in [2.75, 3.05) is 19.8 Å². The number of rotatable bonds is 8. The number of hydrogen-bond acceptors (Lipinski definition) is 4. The maximum Gasteiger partial charge on any atom is 0.138 e. The van der Waals surface area contributed by atoms with E-state index < -0.39 is 6.10 Å². The topological polar surface area (TPSA) is 61.7 Å². The zero-order valence-corrected chi connectivity index (χ0v) is 11.6. The number of ether oxygens (including phenoxy) is 1. The molecule has 5 heteroatoms. The molecule has 1 aromatic carbocycles. The van der Waals surface area contributed by atoms with Crippen LogP contribution in [-0.2, 0) is 11.3 Å². The van der Waals surface area contributed by atoms with Crippen LogP contribution >= 0.6 is 11.6 Å². The summed E-state index contributed by atoms with van der Waals surface area (Å²) < 4.78 is 5.40. The lowest BCUT2D eigenvalue weighted by atomic mass is 10.2. The highest BCUT2D eigenvalue weighted by Gasteiger charge is 2.21. The molecule has 0 spiro atoms. The van der Waals surface area contributed by atoms with Gasteiger partial charge in [-0.15, -0.1) is 0 Å². The molecule has 0 aliphatic heterocycles. The molecule has 0 radical (unpaired) electrons. The quantitative estimate of drug-likeness (QED) is 0.683. The second-order valence-corrected chi connectivity index (χ2v) is 5.42. The predicted molar refractivity (Wildman–Crippen MR) is 74.4 cm³/mol. The van der Waals surface area contributed by atoms with Crippen LogP contribution in [0.25, 0.3) is 0 Å². The van der Waals surface area contributed by atoms with Gasteiger partial charge in [-0.3, -0.25) is 0 Å². The van der Waals surface area contributed by atoms with E-state index in [0.29, 0.717) is 30.6 Å². The first-order valence-corrected chi connectivity index (χ1v) is 6.97. The van der Waals surface area contributed by atoms with Crippen molar-refractivity contribution in [2.24, 2.45) is 5.92 Å². The molecule has 1 aromatic rings. The van der Waals surface area contributed by atoms with Gasteiger partial charge in [-0.2, -0.15) is 0 Å². The number of phenols is 1. The normalized spacial score (nSPS) is 16.5. The Bertz CT molecular complexity index is 410. The number of benzene rings is 1. The number of halogens is 1. The van der Waals surface area contributed by atoms with Gasteiger partial charge in [-0.1, -0.05) is 23.7 Å². The minimum Gasteiger partial charge on any atom is -0.506 e. The van der Waals surface area contributed by atoms with Crippen LogP contribution in [-0.4, -0.2) is 36.1 Å². The zero-order valence-electron chi connectivity index (χ0n) is 10.8. The van der Waals surface area contributed by atoms with Gasteiger partial charge in [-0.25, -0.2) is 0 Å². The third-order valence-electron chi connectivity index (χ3n) is 3.13. The summed E-state index contributed by atoms with van der Waals surface area (Å²) in [6, 6.07) is 5.22. The van der Waals surface area contributed by atoms with Crippen LogP contribution in [0.15, 0.2) is 18.2 Å². The lowest BCUT2D eigenvalue weighted by Gasteiger charge is -2.13. The minimum atomic E-state index is -0.528. The molecule has 1 fully saturated rings. The molecule has 19 heavy (non-hydrogen) atoms. The Hall–Kier alpha value is -0.810. The fourth-order valence-electron chi connectivity index (χ4n) is 1.79. The van der Waals surface area contributed by atoms with Crippen molar-refractivity contribution in [1.29, 1.82) is 0 Å². The second-order valence-electron chi connectivity index (χ2n) is 5.01. The maximum atomic E-state index is 9.71. The van der Waals surface area contributed by atoms with Gasteiger partial charge in [0, 0.05) is 25.3 Å². The number of aliphatic hydroxyl groups is 1. The first-order chi connectivity index (χ1) is 9.16. The number of phenolic OH excluding ortho intramolecular Hbond substituents is 1. The van der Waals surface area contributed by atoms with Gasteiger partial charge in [0.15, 0.2) is 0 Å². The molecule has 1 atom stereocenters. The molecule has 1 aliphatic carbocycles. The molecule has 1 aliphatic rings. The summed E-state index contributed by atoms with van der Waals surface area (Å²) in [6.45, 7) is 2.00. The van der Waals surface area contributed by atoms with Crippen LogP contribution in [0.1, 0.15) is 18.4 Å². The van der Waals surface area contributed by atoms with Crippen molar-refractivity contribution in [2.45, 2.75) is 25.5 Å². The molecular formula is C14H20ClNO3. The van der Waals surface area contributed by atoms with Crippen LogP contribution in [0.2, 0.25) is 5.02 Å². The maximum absolute atomic E-state index is 9.71.